The highest BCUT2D eigenvalue weighted by Gasteiger charge is 2.22. The van der Waals surface area contributed by atoms with Gasteiger partial charge >= 0.3 is 6.03 Å². The molecule has 1 aliphatic carbocycles. The molecular formula is C24H32N4OS. The third-order valence-corrected chi connectivity index (χ3v) is 7.53. The van der Waals surface area contributed by atoms with Gasteiger partial charge in [-0.25, -0.2) is 4.79 Å². The quantitative estimate of drug-likeness (QED) is 0.661. The molecule has 2 heterocycles. The number of thioether (sulfide) groups is 1. The van der Waals surface area contributed by atoms with E-state index in [1.54, 1.807) is 0 Å². The summed E-state index contributed by atoms with van der Waals surface area (Å²) in [5.41, 5.74) is 2.26. The lowest BCUT2D eigenvalue weighted by Gasteiger charge is -2.32. The minimum atomic E-state index is -0.0790. The topological polar surface area (TPSA) is 57.3 Å². The average molecular weight is 425 g/mol. The number of nitrogens with zero attached hydrogens (tertiary/aromatic N) is 2. The van der Waals surface area contributed by atoms with Crippen molar-refractivity contribution in [2.75, 3.05) is 25.0 Å². The summed E-state index contributed by atoms with van der Waals surface area (Å²) in [6.07, 6.45) is 12.0. The van der Waals surface area contributed by atoms with E-state index in [9.17, 15) is 4.79 Å². The number of hydrogen-bond donors (Lipinski definition) is 2. The SMILES string of the molecule is O=C(Nc1ccccc1SC1CCCC1)NC1CCN(CCc2ccncc2)CC1. The molecule has 0 radical (unpaired) electrons. The van der Waals surface area contributed by atoms with Crippen LogP contribution in [0, 0.1) is 0 Å². The Labute approximate surface area is 184 Å². The minimum absolute atomic E-state index is 0.0790. The molecule has 1 saturated heterocycles. The lowest BCUT2D eigenvalue weighted by molar-refractivity contribution is 0.197. The number of piperidine rings is 1. The number of aromatic nitrogens is 1. The lowest BCUT2D eigenvalue weighted by Crippen LogP contribution is -2.46. The molecule has 2 fully saturated rings. The summed E-state index contributed by atoms with van der Waals surface area (Å²) < 4.78 is 0. The zero-order valence-electron chi connectivity index (χ0n) is 17.6. The van der Waals surface area contributed by atoms with E-state index in [2.05, 4.69) is 44.8 Å². The number of pyridine rings is 1. The summed E-state index contributed by atoms with van der Waals surface area (Å²) in [5.74, 6) is 0. The van der Waals surface area contributed by atoms with Gasteiger partial charge in [0, 0.05) is 48.2 Å². The number of benzene rings is 1. The Morgan fingerprint density at radius 3 is 2.53 bits per heavy atom. The van der Waals surface area contributed by atoms with E-state index in [0.717, 1.165) is 44.6 Å². The Kier molecular flexibility index (Phi) is 7.65. The fourth-order valence-corrected chi connectivity index (χ4v) is 5.67. The first-order valence-corrected chi connectivity index (χ1v) is 12.1. The van der Waals surface area contributed by atoms with Crippen molar-refractivity contribution in [3.8, 4) is 0 Å². The smallest absolute Gasteiger partial charge is 0.319 e. The number of carbonyl (C=O) groups is 1. The number of urea groups is 1. The number of anilines is 1. The lowest BCUT2D eigenvalue weighted by atomic mass is 10.0. The van der Waals surface area contributed by atoms with Crippen molar-refractivity contribution in [1.82, 2.24) is 15.2 Å². The molecule has 6 heteroatoms. The van der Waals surface area contributed by atoms with Crippen LogP contribution in [0.15, 0.2) is 53.7 Å². The molecule has 1 aromatic carbocycles. The molecule has 0 spiro atoms. The molecule has 2 amide bonds. The molecule has 1 aromatic heterocycles. The Morgan fingerprint density at radius 2 is 1.77 bits per heavy atom. The second-order valence-corrected chi connectivity index (χ2v) is 9.68. The molecule has 2 N–H and O–H groups in total. The van der Waals surface area contributed by atoms with Crippen molar-refractivity contribution in [3.05, 3.63) is 54.4 Å². The predicted molar refractivity (Wildman–Crippen MR) is 124 cm³/mol. The molecule has 0 bridgehead atoms. The van der Waals surface area contributed by atoms with Gasteiger partial charge < -0.3 is 15.5 Å². The van der Waals surface area contributed by atoms with Crippen molar-refractivity contribution in [1.29, 1.82) is 0 Å². The first kappa shape index (κ1) is 21.2. The summed E-state index contributed by atoms with van der Waals surface area (Å²) >= 11 is 1.92. The van der Waals surface area contributed by atoms with Gasteiger partial charge in [-0.1, -0.05) is 25.0 Å². The van der Waals surface area contributed by atoms with E-state index < -0.39 is 0 Å². The van der Waals surface area contributed by atoms with Crippen LogP contribution in [0.25, 0.3) is 0 Å². The van der Waals surface area contributed by atoms with Crippen LogP contribution in [-0.4, -0.2) is 46.8 Å². The summed E-state index contributed by atoms with van der Waals surface area (Å²) in [7, 11) is 0. The standard InChI is InChI=1S/C24H32N4OS/c29-24(27-22-7-3-4-8-23(22)30-21-5-1-2-6-21)26-20-12-17-28(18-13-20)16-11-19-9-14-25-15-10-19/h3-4,7-10,14-15,20-21H,1-2,5-6,11-13,16-18H2,(H2,26,27,29). The fraction of sp³-hybridized carbons (Fsp3) is 0.500. The maximum Gasteiger partial charge on any atom is 0.319 e. The summed E-state index contributed by atoms with van der Waals surface area (Å²) in [4.78, 5) is 20.4. The number of likely N-dealkylation sites (tertiary alicyclic amines) is 1. The molecule has 0 unspecified atom stereocenters. The van der Waals surface area contributed by atoms with Crippen molar-refractivity contribution < 1.29 is 4.79 Å². The Bertz CT molecular complexity index is 802. The second-order valence-electron chi connectivity index (χ2n) is 8.34. The van der Waals surface area contributed by atoms with Gasteiger partial charge in [-0.05, 0) is 61.9 Å². The van der Waals surface area contributed by atoms with Crippen LogP contribution in [0.2, 0.25) is 0 Å². The largest absolute Gasteiger partial charge is 0.335 e. The van der Waals surface area contributed by atoms with Crippen LogP contribution in [0.4, 0.5) is 10.5 Å². The number of amides is 2. The van der Waals surface area contributed by atoms with Gasteiger partial charge in [0.25, 0.3) is 0 Å². The van der Waals surface area contributed by atoms with Crippen LogP contribution in [0.1, 0.15) is 44.1 Å². The van der Waals surface area contributed by atoms with Crippen molar-refractivity contribution >= 4 is 23.5 Å². The van der Waals surface area contributed by atoms with Crippen LogP contribution in [0.3, 0.4) is 0 Å². The van der Waals surface area contributed by atoms with Crippen molar-refractivity contribution in [2.45, 2.75) is 61.1 Å². The number of para-hydroxylation sites is 1. The van der Waals surface area contributed by atoms with Gasteiger partial charge in [0.2, 0.25) is 0 Å². The Morgan fingerprint density at radius 1 is 1.03 bits per heavy atom. The van der Waals surface area contributed by atoms with E-state index in [1.807, 2.05) is 36.3 Å². The van der Waals surface area contributed by atoms with E-state index >= 15 is 0 Å². The van der Waals surface area contributed by atoms with Gasteiger partial charge in [-0.2, -0.15) is 0 Å². The highest BCUT2D eigenvalue weighted by Crippen LogP contribution is 2.38. The Hall–Kier alpha value is -2.05. The highest BCUT2D eigenvalue weighted by atomic mass is 32.2. The zero-order valence-corrected chi connectivity index (χ0v) is 18.4. The van der Waals surface area contributed by atoms with Crippen LogP contribution in [-0.2, 0) is 6.42 Å². The molecular weight excluding hydrogens is 392 g/mol. The minimum Gasteiger partial charge on any atom is -0.335 e. The first-order valence-electron chi connectivity index (χ1n) is 11.2. The fourth-order valence-electron chi connectivity index (χ4n) is 4.34. The molecule has 2 aliphatic rings. The Balaban J connectivity index is 1.21. The van der Waals surface area contributed by atoms with E-state index in [0.29, 0.717) is 5.25 Å². The average Bonchev–Trinajstić information content (AvgIpc) is 3.28. The predicted octanol–water partition coefficient (Wildman–Crippen LogP) is 4.94. The second kappa shape index (κ2) is 10.8. The number of rotatable bonds is 7. The van der Waals surface area contributed by atoms with E-state index in [-0.39, 0.29) is 12.1 Å². The molecule has 5 nitrogen and oxygen atoms in total. The third kappa shape index (κ3) is 6.22. The van der Waals surface area contributed by atoms with Crippen LogP contribution < -0.4 is 10.6 Å². The first-order chi connectivity index (χ1) is 14.8. The summed E-state index contributed by atoms with van der Waals surface area (Å²) in [6, 6.07) is 12.5. The number of carbonyl (C=O) groups excluding carboxylic acids is 1. The molecule has 2 aromatic rings. The molecule has 0 atom stereocenters. The van der Waals surface area contributed by atoms with Crippen molar-refractivity contribution in [3.63, 3.8) is 0 Å². The van der Waals surface area contributed by atoms with Crippen LogP contribution in [0.5, 0.6) is 0 Å². The van der Waals surface area contributed by atoms with E-state index in [1.165, 1.54) is 36.1 Å². The number of hydrogen-bond acceptors (Lipinski definition) is 4. The van der Waals surface area contributed by atoms with Gasteiger partial charge in [-0.15, -0.1) is 11.8 Å². The van der Waals surface area contributed by atoms with Gasteiger partial charge in [0.05, 0.1) is 5.69 Å². The van der Waals surface area contributed by atoms with E-state index in [4.69, 9.17) is 0 Å². The van der Waals surface area contributed by atoms with Gasteiger partial charge in [0.1, 0.15) is 0 Å². The van der Waals surface area contributed by atoms with Gasteiger partial charge in [0.15, 0.2) is 0 Å². The molecule has 4 rings (SSSR count). The third-order valence-electron chi connectivity index (χ3n) is 6.12. The normalized spacial score (nSPS) is 18.4. The zero-order chi connectivity index (χ0) is 20.6. The van der Waals surface area contributed by atoms with Crippen molar-refractivity contribution in [2.24, 2.45) is 0 Å². The molecule has 30 heavy (non-hydrogen) atoms. The summed E-state index contributed by atoms with van der Waals surface area (Å²) in [5, 5.41) is 6.98. The highest BCUT2D eigenvalue weighted by molar-refractivity contribution is 8.00. The molecule has 1 saturated carbocycles. The van der Waals surface area contributed by atoms with Crippen LogP contribution >= 0.6 is 11.8 Å². The number of nitrogens with one attached hydrogen (secondary N) is 2. The van der Waals surface area contributed by atoms with Gasteiger partial charge in [-0.3, -0.25) is 4.98 Å². The molecule has 160 valence electrons. The molecule has 1 aliphatic heterocycles. The monoisotopic (exact) mass is 424 g/mol. The maximum absolute atomic E-state index is 12.6. The maximum atomic E-state index is 12.6. The summed E-state index contributed by atoms with van der Waals surface area (Å²) in [6.45, 7) is 3.13.